The minimum absolute atomic E-state index is 0.0525. The van der Waals surface area contributed by atoms with Crippen molar-refractivity contribution in [2.45, 2.75) is 6.92 Å². The minimum Gasteiger partial charge on any atom is -0.497 e. The lowest BCUT2D eigenvalue weighted by atomic mass is 10.1. The van der Waals surface area contributed by atoms with E-state index in [9.17, 15) is 4.79 Å². The highest BCUT2D eigenvalue weighted by Gasteiger charge is 2.01. The van der Waals surface area contributed by atoms with Crippen LogP contribution in [0.3, 0.4) is 0 Å². The molecule has 0 aliphatic rings. The maximum Gasteiger partial charge on any atom is 0.187 e. The van der Waals surface area contributed by atoms with Gasteiger partial charge in [0.15, 0.2) is 5.78 Å². The molecule has 2 rings (SSSR count). The molecule has 3 heteroatoms. The molecule has 0 aliphatic heterocycles. The first-order valence-electron chi connectivity index (χ1n) is 5.98. The Kier molecular flexibility index (Phi) is 4.08. The fourth-order valence-corrected chi connectivity index (χ4v) is 1.60. The average Bonchev–Trinajstić information content (AvgIpc) is 2.46. The minimum atomic E-state index is -0.0525. The Hall–Kier alpha value is -2.42. The number of allylic oxidation sites excluding steroid dienone is 1. The first kappa shape index (κ1) is 13.0. The molecule has 3 nitrogen and oxygen atoms in total. The van der Waals surface area contributed by atoms with E-state index < -0.39 is 0 Å². The second-order valence-electron chi connectivity index (χ2n) is 4.16. The number of rotatable bonds is 4. The van der Waals surface area contributed by atoms with Gasteiger partial charge in [-0.3, -0.25) is 9.78 Å². The fraction of sp³-hybridized carbons (Fsp3) is 0.125. The molecule has 0 radical (unpaired) electrons. The van der Waals surface area contributed by atoms with Gasteiger partial charge >= 0.3 is 0 Å². The van der Waals surface area contributed by atoms with Gasteiger partial charge in [-0.25, -0.2) is 0 Å². The van der Waals surface area contributed by atoms with E-state index in [1.807, 2.05) is 37.3 Å². The lowest BCUT2D eigenvalue weighted by molar-refractivity contribution is 0.104. The van der Waals surface area contributed by atoms with E-state index in [4.69, 9.17) is 4.74 Å². The Bertz CT molecular complexity index is 583. The largest absolute Gasteiger partial charge is 0.497 e. The molecule has 0 aliphatic carbocycles. The lowest BCUT2D eigenvalue weighted by Crippen LogP contribution is -1.95. The first-order chi connectivity index (χ1) is 9.19. The summed E-state index contributed by atoms with van der Waals surface area (Å²) in [6.45, 7) is 1.89. The number of hydrogen-bond donors (Lipinski definition) is 0. The van der Waals surface area contributed by atoms with Gasteiger partial charge in [-0.05, 0) is 42.8 Å². The van der Waals surface area contributed by atoms with Crippen molar-refractivity contribution in [2.24, 2.45) is 0 Å². The predicted octanol–water partition coefficient (Wildman–Crippen LogP) is 3.29. The summed E-state index contributed by atoms with van der Waals surface area (Å²) in [5.41, 5.74) is 2.44. The zero-order valence-electron chi connectivity index (χ0n) is 11.0. The summed E-state index contributed by atoms with van der Waals surface area (Å²) in [5, 5.41) is 0. The Morgan fingerprint density at radius 2 is 1.89 bits per heavy atom. The molecule has 1 aromatic heterocycles. The van der Waals surface area contributed by atoms with Crippen LogP contribution in [0.5, 0.6) is 5.75 Å². The van der Waals surface area contributed by atoms with E-state index in [1.165, 1.54) is 0 Å². The van der Waals surface area contributed by atoms with Crippen LogP contribution in [0.4, 0.5) is 0 Å². The van der Waals surface area contributed by atoms with Gasteiger partial charge in [-0.2, -0.15) is 0 Å². The van der Waals surface area contributed by atoms with Gasteiger partial charge in [0.05, 0.1) is 7.11 Å². The van der Waals surface area contributed by atoms with E-state index in [0.29, 0.717) is 5.56 Å². The number of nitrogens with zero attached hydrogens (tertiary/aromatic N) is 1. The van der Waals surface area contributed by atoms with E-state index in [0.717, 1.165) is 17.0 Å². The van der Waals surface area contributed by atoms with Crippen LogP contribution in [0.1, 0.15) is 21.6 Å². The monoisotopic (exact) mass is 253 g/mol. The van der Waals surface area contributed by atoms with Gasteiger partial charge in [0.1, 0.15) is 5.75 Å². The Morgan fingerprint density at radius 1 is 1.16 bits per heavy atom. The van der Waals surface area contributed by atoms with Crippen LogP contribution in [0.15, 0.2) is 48.7 Å². The second-order valence-corrected chi connectivity index (χ2v) is 4.16. The maximum absolute atomic E-state index is 11.9. The number of carbonyl (C=O) groups excluding carboxylic acids is 1. The van der Waals surface area contributed by atoms with E-state index >= 15 is 0 Å². The number of aryl methyl sites for hydroxylation is 1. The fourth-order valence-electron chi connectivity index (χ4n) is 1.60. The van der Waals surface area contributed by atoms with Crippen molar-refractivity contribution in [2.75, 3.05) is 7.11 Å². The number of hydrogen-bond acceptors (Lipinski definition) is 3. The molecule has 0 amide bonds. The molecule has 0 saturated carbocycles. The quantitative estimate of drug-likeness (QED) is 0.620. The highest BCUT2D eigenvalue weighted by Crippen LogP contribution is 2.12. The summed E-state index contributed by atoms with van der Waals surface area (Å²) < 4.78 is 5.08. The van der Waals surface area contributed by atoms with Crippen LogP contribution in [0, 0.1) is 6.92 Å². The third-order valence-corrected chi connectivity index (χ3v) is 2.74. The normalized spacial score (nSPS) is 10.6. The lowest BCUT2D eigenvalue weighted by Gasteiger charge is -1.99. The van der Waals surface area contributed by atoms with Crippen molar-refractivity contribution in [1.29, 1.82) is 0 Å². The number of aromatic nitrogens is 1. The van der Waals surface area contributed by atoms with Gasteiger partial charge < -0.3 is 4.74 Å². The molecule has 0 fully saturated rings. The molecular weight excluding hydrogens is 238 g/mol. The number of benzene rings is 1. The Labute approximate surface area is 112 Å². The van der Waals surface area contributed by atoms with Gasteiger partial charge in [-0.1, -0.05) is 18.2 Å². The van der Waals surface area contributed by atoms with E-state index in [-0.39, 0.29) is 5.78 Å². The molecule has 0 bridgehead atoms. The topological polar surface area (TPSA) is 39.2 Å². The molecule has 96 valence electrons. The second kappa shape index (κ2) is 5.96. The van der Waals surface area contributed by atoms with Crippen molar-refractivity contribution in [1.82, 2.24) is 4.98 Å². The van der Waals surface area contributed by atoms with E-state index in [2.05, 4.69) is 4.98 Å². The van der Waals surface area contributed by atoms with E-state index in [1.54, 1.807) is 31.5 Å². The van der Waals surface area contributed by atoms with Crippen LogP contribution in [0.25, 0.3) is 6.08 Å². The van der Waals surface area contributed by atoms with Crippen LogP contribution < -0.4 is 4.74 Å². The summed E-state index contributed by atoms with van der Waals surface area (Å²) in [5.74, 6) is 0.745. The number of carbonyl (C=O) groups is 1. The maximum atomic E-state index is 11.9. The molecule has 0 N–H and O–H groups in total. The number of pyridine rings is 1. The molecule has 0 unspecified atom stereocenters. The summed E-state index contributed by atoms with van der Waals surface area (Å²) in [4.78, 5) is 16.0. The summed E-state index contributed by atoms with van der Waals surface area (Å²) in [6, 6.07) is 11.1. The number of ketones is 1. The highest BCUT2D eigenvalue weighted by atomic mass is 16.5. The van der Waals surface area contributed by atoms with Crippen LogP contribution in [-0.2, 0) is 0 Å². The van der Waals surface area contributed by atoms with Crippen molar-refractivity contribution in [3.8, 4) is 5.75 Å². The molecule has 19 heavy (non-hydrogen) atoms. The zero-order valence-corrected chi connectivity index (χ0v) is 11.0. The molecule has 1 heterocycles. The Morgan fingerprint density at radius 3 is 2.47 bits per heavy atom. The number of methoxy groups -OCH3 is 1. The van der Waals surface area contributed by atoms with Crippen molar-refractivity contribution >= 4 is 11.9 Å². The highest BCUT2D eigenvalue weighted by molar-refractivity contribution is 6.06. The molecule has 0 spiro atoms. The Balaban J connectivity index is 2.08. The zero-order chi connectivity index (χ0) is 13.7. The first-order valence-corrected chi connectivity index (χ1v) is 5.98. The van der Waals surface area contributed by atoms with Crippen molar-refractivity contribution in [3.05, 3.63) is 65.5 Å². The molecule has 2 aromatic rings. The van der Waals surface area contributed by atoms with Crippen molar-refractivity contribution in [3.63, 3.8) is 0 Å². The smallest absolute Gasteiger partial charge is 0.187 e. The summed E-state index contributed by atoms with van der Waals surface area (Å²) in [6.07, 6.45) is 4.92. The van der Waals surface area contributed by atoms with Crippen molar-refractivity contribution < 1.29 is 9.53 Å². The summed E-state index contributed by atoms with van der Waals surface area (Å²) in [7, 11) is 1.62. The number of ether oxygens (including phenoxy) is 1. The third-order valence-electron chi connectivity index (χ3n) is 2.74. The van der Waals surface area contributed by atoms with Gasteiger partial charge in [0.2, 0.25) is 0 Å². The van der Waals surface area contributed by atoms with Gasteiger partial charge in [0.25, 0.3) is 0 Å². The average molecular weight is 253 g/mol. The van der Waals surface area contributed by atoms with Gasteiger partial charge in [-0.15, -0.1) is 0 Å². The molecule has 0 atom stereocenters. The predicted molar refractivity (Wildman–Crippen MR) is 75.3 cm³/mol. The third kappa shape index (κ3) is 3.52. The van der Waals surface area contributed by atoms with Crippen LogP contribution in [-0.4, -0.2) is 17.9 Å². The molecule has 0 saturated heterocycles. The molecular formula is C16H15NO2. The standard InChI is InChI=1S/C16H15NO2/c1-12-3-7-14(11-17-12)16(18)10-6-13-4-8-15(19-2)9-5-13/h3-11H,1-2H3/b10-6+. The summed E-state index contributed by atoms with van der Waals surface area (Å²) >= 11 is 0. The van der Waals surface area contributed by atoms with Crippen LogP contribution in [0.2, 0.25) is 0 Å². The SMILES string of the molecule is COc1ccc(/C=C/C(=O)c2ccc(C)nc2)cc1. The van der Waals surface area contributed by atoms with Gasteiger partial charge in [0, 0.05) is 17.5 Å². The van der Waals surface area contributed by atoms with Crippen LogP contribution >= 0.6 is 0 Å². The molecule has 1 aromatic carbocycles.